The van der Waals surface area contributed by atoms with Gasteiger partial charge in [-0.1, -0.05) is 6.92 Å². The van der Waals surface area contributed by atoms with Gasteiger partial charge in [0.15, 0.2) is 0 Å². The number of ketones is 1. The van der Waals surface area contributed by atoms with Gasteiger partial charge in [-0.15, -0.1) is 0 Å². The van der Waals surface area contributed by atoms with E-state index in [0.29, 0.717) is 0 Å². The summed E-state index contributed by atoms with van der Waals surface area (Å²) in [6.45, 7) is 2.69. The van der Waals surface area contributed by atoms with Crippen LogP contribution in [0.5, 0.6) is 0 Å². The molecule has 9 heavy (non-hydrogen) atoms. The van der Waals surface area contributed by atoms with Crippen LogP contribution in [0.15, 0.2) is 0 Å². The molecule has 0 spiro atoms. The summed E-state index contributed by atoms with van der Waals surface area (Å²) < 4.78 is 23.3. The molecule has 0 N–H and O–H groups in total. The molecule has 0 aromatic heterocycles. The van der Waals surface area contributed by atoms with E-state index >= 15 is 0 Å². The Hall–Kier alpha value is -0.470. The largest absolute Gasteiger partial charge is 0.300 e. The van der Waals surface area contributed by atoms with Gasteiger partial charge in [0.1, 0.15) is 5.78 Å². The van der Waals surface area contributed by atoms with E-state index in [-0.39, 0.29) is 12.2 Å². The van der Waals surface area contributed by atoms with E-state index < -0.39 is 12.3 Å². The van der Waals surface area contributed by atoms with Crippen molar-refractivity contribution >= 4 is 5.78 Å². The molecule has 0 amide bonds. The SMILES string of the molecule is CC(=O)CC(C)C(F)F. The number of hydrogen-bond acceptors (Lipinski definition) is 1. The molecule has 0 aliphatic rings. The second-order valence-electron chi connectivity index (χ2n) is 2.22. The molecule has 0 saturated carbocycles. The Morgan fingerprint density at radius 3 is 2.11 bits per heavy atom. The summed E-state index contributed by atoms with van der Waals surface area (Å²) in [6.07, 6.45) is -2.38. The van der Waals surface area contributed by atoms with Crippen LogP contribution in [-0.2, 0) is 4.79 Å². The van der Waals surface area contributed by atoms with Gasteiger partial charge in [-0.2, -0.15) is 0 Å². The van der Waals surface area contributed by atoms with Crippen molar-refractivity contribution in [2.24, 2.45) is 5.92 Å². The van der Waals surface area contributed by atoms with Gasteiger partial charge in [0.25, 0.3) is 0 Å². The normalized spacial score (nSPS) is 13.9. The molecule has 0 aromatic carbocycles. The van der Waals surface area contributed by atoms with E-state index in [2.05, 4.69) is 0 Å². The standard InChI is InChI=1S/C6H10F2O/c1-4(6(7)8)3-5(2)9/h4,6H,3H2,1-2H3. The number of carbonyl (C=O) groups excluding carboxylic acids is 1. The third-order valence-corrected chi connectivity index (χ3v) is 1.04. The van der Waals surface area contributed by atoms with E-state index in [1.54, 1.807) is 0 Å². The summed E-state index contributed by atoms with van der Waals surface area (Å²) in [5.41, 5.74) is 0. The van der Waals surface area contributed by atoms with Gasteiger partial charge >= 0.3 is 0 Å². The maximum Gasteiger partial charge on any atom is 0.241 e. The maximum atomic E-state index is 11.6. The van der Waals surface area contributed by atoms with Crippen molar-refractivity contribution in [3.05, 3.63) is 0 Å². The number of Topliss-reactive ketones (excluding diaryl/α,β-unsaturated/α-hetero) is 1. The van der Waals surface area contributed by atoms with Gasteiger partial charge in [-0.25, -0.2) is 8.78 Å². The Balaban J connectivity index is 3.50. The summed E-state index contributed by atoms with van der Waals surface area (Å²) in [6, 6.07) is 0. The van der Waals surface area contributed by atoms with Crippen molar-refractivity contribution in [3.8, 4) is 0 Å². The van der Waals surface area contributed by atoms with Crippen LogP contribution in [0.4, 0.5) is 8.78 Å². The van der Waals surface area contributed by atoms with E-state index in [0.717, 1.165) is 0 Å². The highest BCUT2D eigenvalue weighted by atomic mass is 19.3. The quantitative estimate of drug-likeness (QED) is 0.578. The lowest BCUT2D eigenvalue weighted by Gasteiger charge is -2.05. The maximum absolute atomic E-state index is 11.6. The summed E-state index contributed by atoms with van der Waals surface area (Å²) in [5, 5.41) is 0. The molecule has 1 atom stereocenters. The molecule has 0 heterocycles. The second-order valence-corrected chi connectivity index (χ2v) is 2.22. The summed E-state index contributed by atoms with van der Waals surface area (Å²) in [4.78, 5) is 10.2. The smallest absolute Gasteiger partial charge is 0.241 e. The second kappa shape index (κ2) is 3.54. The van der Waals surface area contributed by atoms with Gasteiger partial charge in [0, 0.05) is 12.3 Å². The molecule has 0 fully saturated rings. The average molecular weight is 136 g/mol. The first-order valence-electron chi connectivity index (χ1n) is 2.81. The Morgan fingerprint density at radius 1 is 1.56 bits per heavy atom. The summed E-state index contributed by atoms with van der Waals surface area (Å²) in [5.74, 6) is -0.967. The van der Waals surface area contributed by atoms with E-state index in [1.165, 1.54) is 13.8 Å². The first-order valence-corrected chi connectivity index (χ1v) is 2.81. The van der Waals surface area contributed by atoms with Crippen molar-refractivity contribution in [3.63, 3.8) is 0 Å². The van der Waals surface area contributed by atoms with Crippen molar-refractivity contribution < 1.29 is 13.6 Å². The first-order chi connectivity index (χ1) is 4.04. The summed E-state index contributed by atoms with van der Waals surface area (Å²) in [7, 11) is 0. The van der Waals surface area contributed by atoms with Gasteiger partial charge in [-0.05, 0) is 6.92 Å². The number of carbonyl (C=O) groups is 1. The molecule has 0 saturated heterocycles. The zero-order chi connectivity index (χ0) is 7.44. The predicted octanol–water partition coefficient (Wildman–Crippen LogP) is 1.87. The minimum absolute atomic E-state index is 0.0162. The molecule has 1 nitrogen and oxygen atoms in total. The zero-order valence-corrected chi connectivity index (χ0v) is 5.53. The van der Waals surface area contributed by atoms with Gasteiger partial charge in [-0.3, -0.25) is 0 Å². The fraction of sp³-hybridized carbons (Fsp3) is 0.833. The third-order valence-electron chi connectivity index (χ3n) is 1.04. The zero-order valence-electron chi connectivity index (χ0n) is 5.53. The van der Waals surface area contributed by atoms with Crippen molar-refractivity contribution in [1.29, 1.82) is 0 Å². The molecule has 0 bridgehead atoms. The Labute approximate surface area is 53.1 Å². The molecule has 0 aliphatic carbocycles. The number of rotatable bonds is 3. The highest BCUT2D eigenvalue weighted by molar-refractivity contribution is 5.75. The molecule has 1 unspecified atom stereocenters. The van der Waals surface area contributed by atoms with Gasteiger partial charge in [0.05, 0.1) is 0 Å². The Morgan fingerprint density at radius 2 is 2.00 bits per heavy atom. The van der Waals surface area contributed by atoms with Crippen molar-refractivity contribution in [1.82, 2.24) is 0 Å². The fourth-order valence-electron chi connectivity index (χ4n) is 0.543. The van der Waals surface area contributed by atoms with Crippen LogP contribution in [0, 0.1) is 5.92 Å². The number of halogens is 2. The van der Waals surface area contributed by atoms with Crippen molar-refractivity contribution in [2.45, 2.75) is 26.7 Å². The van der Waals surface area contributed by atoms with Crippen LogP contribution < -0.4 is 0 Å². The molecule has 0 aromatic rings. The molecular weight excluding hydrogens is 126 g/mol. The molecular formula is C6H10F2O. The first kappa shape index (κ1) is 8.53. The molecule has 3 heteroatoms. The Bertz CT molecular complexity index is 101. The van der Waals surface area contributed by atoms with Crippen LogP contribution in [0.1, 0.15) is 20.3 Å². The van der Waals surface area contributed by atoms with Crippen LogP contribution in [-0.4, -0.2) is 12.2 Å². The minimum atomic E-state index is -2.37. The molecule has 54 valence electrons. The average Bonchev–Trinajstić information content (AvgIpc) is 1.63. The molecule has 0 radical (unpaired) electrons. The highest BCUT2D eigenvalue weighted by Gasteiger charge is 2.15. The monoisotopic (exact) mass is 136 g/mol. The van der Waals surface area contributed by atoms with Gasteiger partial charge in [0.2, 0.25) is 6.43 Å². The van der Waals surface area contributed by atoms with Crippen molar-refractivity contribution in [2.75, 3.05) is 0 Å². The van der Waals surface area contributed by atoms with E-state index in [9.17, 15) is 13.6 Å². The molecule has 0 rings (SSSR count). The lowest BCUT2D eigenvalue weighted by molar-refractivity contribution is -0.119. The lowest BCUT2D eigenvalue weighted by Crippen LogP contribution is -2.10. The van der Waals surface area contributed by atoms with E-state index in [1.807, 2.05) is 0 Å². The van der Waals surface area contributed by atoms with Crippen LogP contribution in [0.2, 0.25) is 0 Å². The summed E-state index contributed by atoms with van der Waals surface area (Å²) >= 11 is 0. The number of alkyl halides is 2. The number of hydrogen-bond donors (Lipinski definition) is 0. The minimum Gasteiger partial charge on any atom is -0.300 e. The van der Waals surface area contributed by atoms with Crippen LogP contribution in [0.3, 0.4) is 0 Å². The van der Waals surface area contributed by atoms with Crippen LogP contribution >= 0.6 is 0 Å². The fourth-order valence-corrected chi connectivity index (χ4v) is 0.543. The van der Waals surface area contributed by atoms with E-state index in [4.69, 9.17) is 0 Å². The van der Waals surface area contributed by atoms with Gasteiger partial charge < -0.3 is 4.79 Å². The molecule has 0 aliphatic heterocycles. The third kappa shape index (κ3) is 4.06. The predicted molar refractivity (Wildman–Crippen MR) is 30.5 cm³/mol. The Kier molecular flexibility index (Phi) is 3.35. The van der Waals surface area contributed by atoms with Crippen LogP contribution in [0.25, 0.3) is 0 Å². The lowest BCUT2D eigenvalue weighted by atomic mass is 10.1. The topological polar surface area (TPSA) is 17.1 Å². The highest BCUT2D eigenvalue weighted by Crippen LogP contribution is 2.12.